The number of hydrogen-bond acceptors (Lipinski definition) is 6. The van der Waals surface area contributed by atoms with Crippen molar-refractivity contribution in [3.05, 3.63) is 5.56 Å². The van der Waals surface area contributed by atoms with Gasteiger partial charge in [-0.15, -0.1) is 0 Å². The second-order valence-corrected chi connectivity index (χ2v) is 4.82. The molecule has 0 aliphatic carbocycles. The van der Waals surface area contributed by atoms with Gasteiger partial charge in [-0.25, -0.2) is 0 Å². The van der Waals surface area contributed by atoms with Gasteiger partial charge in [-0.1, -0.05) is 6.92 Å². The highest BCUT2D eigenvalue weighted by Crippen LogP contribution is 2.29. The standard InChI is InChI=1S/C11H17N5OS/c1-4-5-16(7-9(17)15(2)3)11-8(6-12)10(13)14-18-11/h4-5,7H2,1-3H3,(H2,13,14). The van der Waals surface area contributed by atoms with Crippen molar-refractivity contribution in [2.45, 2.75) is 13.3 Å². The molecular formula is C11H17N5OS. The van der Waals surface area contributed by atoms with E-state index in [1.807, 2.05) is 17.9 Å². The predicted molar refractivity (Wildman–Crippen MR) is 72.4 cm³/mol. The van der Waals surface area contributed by atoms with Crippen LogP contribution in [0, 0.1) is 11.3 Å². The molecule has 0 spiro atoms. The van der Waals surface area contributed by atoms with Gasteiger partial charge in [0, 0.05) is 20.6 Å². The Labute approximate surface area is 111 Å². The molecule has 1 rings (SSSR count). The molecule has 18 heavy (non-hydrogen) atoms. The summed E-state index contributed by atoms with van der Waals surface area (Å²) in [4.78, 5) is 15.1. The number of hydrogen-bond donors (Lipinski definition) is 1. The van der Waals surface area contributed by atoms with Crippen LogP contribution in [-0.4, -0.2) is 42.4 Å². The van der Waals surface area contributed by atoms with Crippen LogP contribution >= 0.6 is 11.5 Å². The second kappa shape index (κ2) is 6.21. The number of carbonyl (C=O) groups is 1. The topological polar surface area (TPSA) is 86.2 Å². The molecule has 6 nitrogen and oxygen atoms in total. The third-order valence-corrected chi connectivity index (χ3v) is 3.34. The highest BCUT2D eigenvalue weighted by atomic mass is 32.1. The van der Waals surface area contributed by atoms with E-state index in [-0.39, 0.29) is 18.3 Å². The van der Waals surface area contributed by atoms with E-state index in [1.165, 1.54) is 4.90 Å². The van der Waals surface area contributed by atoms with Crippen LogP contribution in [-0.2, 0) is 4.79 Å². The molecule has 0 aliphatic rings. The molecule has 0 atom stereocenters. The molecule has 98 valence electrons. The summed E-state index contributed by atoms with van der Waals surface area (Å²) >= 11 is 1.16. The average molecular weight is 267 g/mol. The fourth-order valence-electron chi connectivity index (χ4n) is 1.44. The first kappa shape index (κ1) is 14.3. The highest BCUT2D eigenvalue weighted by molar-refractivity contribution is 7.10. The maximum atomic E-state index is 11.8. The maximum absolute atomic E-state index is 11.8. The minimum absolute atomic E-state index is 0.0145. The average Bonchev–Trinajstić information content (AvgIpc) is 2.69. The number of amides is 1. The minimum atomic E-state index is -0.0145. The summed E-state index contributed by atoms with van der Waals surface area (Å²) in [5.41, 5.74) is 5.99. The van der Waals surface area contributed by atoms with E-state index in [0.29, 0.717) is 17.1 Å². The number of likely N-dealkylation sites (N-methyl/N-ethyl adjacent to an activating group) is 1. The molecule has 0 radical (unpaired) electrons. The van der Waals surface area contributed by atoms with E-state index in [0.717, 1.165) is 18.0 Å². The Balaban J connectivity index is 2.98. The molecule has 2 N–H and O–H groups in total. The second-order valence-electron chi connectivity index (χ2n) is 4.07. The number of nitriles is 1. The van der Waals surface area contributed by atoms with Crippen molar-refractivity contribution >= 4 is 28.3 Å². The number of nitrogens with two attached hydrogens (primary N) is 1. The fourth-order valence-corrected chi connectivity index (χ4v) is 2.23. The molecule has 1 aromatic heterocycles. The molecule has 1 aromatic rings. The van der Waals surface area contributed by atoms with E-state index in [2.05, 4.69) is 4.37 Å². The van der Waals surface area contributed by atoms with Crippen molar-refractivity contribution in [1.82, 2.24) is 9.27 Å². The maximum Gasteiger partial charge on any atom is 0.241 e. The minimum Gasteiger partial charge on any atom is -0.382 e. The summed E-state index contributed by atoms with van der Waals surface area (Å²) in [6, 6.07) is 2.04. The molecular weight excluding hydrogens is 250 g/mol. The van der Waals surface area contributed by atoms with Crippen LogP contribution in [0.2, 0.25) is 0 Å². The van der Waals surface area contributed by atoms with Gasteiger partial charge in [-0.3, -0.25) is 4.79 Å². The van der Waals surface area contributed by atoms with E-state index in [1.54, 1.807) is 14.1 Å². The lowest BCUT2D eigenvalue weighted by atomic mass is 10.3. The summed E-state index contributed by atoms with van der Waals surface area (Å²) in [6.45, 7) is 2.94. The van der Waals surface area contributed by atoms with Gasteiger partial charge in [-0.05, 0) is 18.0 Å². The van der Waals surface area contributed by atoms with Gasteiger partial charge >= 0.3 is 0 Å². The van der Waals surface area contributed by atoms with Crippen LogP contribution in [0.15, 0.2) is 0 Å². The lowest BCUT2D eigenvalue weighted by Crippen LogP contribution is -2.37. The third kappa shape index (κ3) is 3.11. The van der Waals surface area contributed by atoms with Gasteiger partial charge in [0.25, 0.3) is 0 Å². The normalized spacial score (nSPS) is 9.89. The smallest absolute Gasteiger partial charge is 0.241 e. The first-order chi connectivity index (χ1) is 8.51. The van der Waals surface area contributed by atoms with Crippen molar-refractivity contribution in [3.8, 4) is 6.07 Å². The summed E-state index contributed by atoms with van der Waals surface area (Å²) in [5, 5.41) is 9.74. The van der Waals surface area contributed by atoms with Crippen molar-refractivity contribution in [2.75, 3.05) is 37.8 Å². The number of aromatic nitrogens is 1. The zero-order valence-corrected chi connectivity index (χ0v) is 11.6. The van der Waals surface area contributed by atoms with Gasteiger partial charge in [0.2, 0.25) is 5.91 Å². The van der Waals surface area contributed by atoms with Crippen LogP contribution in [0.5, 0.6) is 0 Å². The van der Waals surface area contributed by atoms with E-state index in [9.17, 15) is 4.79 Å². The summed E-state index contributed by atoms with van der Waals surface area (Å²) in [5.74, 6) is 0.218. The fraction of sp³-hybridized carbons (Fsp3) is 0.545. The Morgan fingerprint density at radius 1 is 1.56 bits per heavy atom. The van der Waals surface area contributed by atoms with Gasteiger partial charge in [-0.2, -0.15) is 9.64 Å². The monoisotopic (exact) mass is 267 g/mol. The highest BCUT2D eigenvalue weighted by Gasteiger charge is 2.20. The van der Waals surface area contributed by atoms with Crippen LogP contribution in [0.1, 0.15) is 18.9 Å². The Morgan fingerprint density at radius 3 is 2.72 bits per heavy atom. The van der Waals surface area contributed by atoms with E-state index >= 15 is 0 Å². The molecule has 0 aliphatic heterocycles. The van der Waals surface area contributed by atoms with Crippen molar-refractivity contribution in [1.29, 1.82) is 5.26 Å². The lowest BCUT2D eigenvalue weighted by Gasteiger charge is -2.23. The summed E-state index contributed by atoms with van der Waals surface area (Å²) in [6.07, 6.45) is 0.878. The number of nitrogens with zero attached hydrogens (tertiary/aromatic N) is 4. The summed E-state index contributed by atoms with van der Waals surface area (Å²) in [7, 11) is 3.41. The Morgan fingerprint density at radius 2 is 2.22 bits per heavy atom. The molecule has 1 heterocycles. The largest absolute Gasteiger partial charge is 0.382 e. The van der Waals surface area contributed by atoms with E-state index in [4.69, 9.17) is 11.0 Å². The Kier molecular flexibility index (Phi) is 4.92. The molecule has 0 aromatic carbocycles. The number of rotatable bonds is 5. The van der Waals surface area contributed by atoms with E-state index < -0.39 is 0 Å². The van der Waals surface area contributed by atoms with Gasteiger partial charge in [0.15, 0.2) is 5.82 Å². The zero-order chi connectivity index (χ0) is 13.7. The quantitative estimate of drug-likeness (QED) is 0.856. The Bertz CT molecular complexity index is 462. The first-order valence-electron chi connectivity index (χ1n) is 5.61. The van der Waals surface area contributed by atoms with Crippen LogP contribution in [0.3, 0.4) is 0 Å². The number of anilines is 2. The molecule has 0 bridgehead atoms. The van der Waals surface area contributed by atoms with Crippen LogP contribution in [0.4, 0.5) is 10.8 Å². The van der Waals surface area contributed by atoms with Crippen LogP contribution < -0.4 is 10.6 Å². The number of nitrogen functional groups attached to an aromatic ring is 1. The third-order valence-electron chi connectivity index (χ3n) is 2.42. The molecule has 7 heteroatoms. The predicted octanol–water partition coefficient (Wildman–Crippen LogP) is 0.902. The number of carbonyl (C=O) groups excluding carboxylic acids is 1. The van der Waals surface area contributed by atoms with Gasteiger partial charge in [0.05, 0.1) is 6.54 Å². The molecule has 0 fully saturated rings. The Hall–Kier alpha value is -1.81. The SMILES string of the molecule is CCCN(CC(=O)N(C)C)c1snc(N)c1C#N. The zero-order valence-electron chi connectivity index (χ0n) is 10.8. The molecule has 0 unspecified atom stereocenters. The molecule has 1 amide bonds. The van der Waals surface area contributed by atoms with Gasteiger partial charge < -0.3 is 15.5 Å². The van der Waals surface area contributed by atoms with Crippen LogP contribution in [0.25, 0.3) is 0 Å². The first-order valence-corrected chi connectivity index (χ1v) is 6.38. The lowest BCUT2D eigenvalue weighted by molar-refractivity contribution is -0.127. The summed E-state index contributed by atoms with van der Waals surface area (Å²) < 4.78 is 3.97. The van der Waals surface area contributed by atoms with Crippen molar-refractivity contribution in [3.63, 3.8) is 0 Å². The van der Waals surface area contributed by atoms with Crippen molar-refractivity contribution < 1.29 is 4.79 Å². The van der Waals surface area contributed by atoms with Gasteiger partial charge in [0.1, 0.15) is 16.6 Å². The molecule has 0 saturated heterocycles. The van der Waals surface area contributed by atoms with Crippen molar-refractivity contribution in [2.24, 2.45) is 0 Å². The molecule has 0 saturated carbocycles.